The van der Waals surface area contributed by atoms with Crippen LogP contribution in [0.15, 0.2) is 48.5 Å². The summed E-state index contributed by atoms with van der Waals surface area (Å²) < 4.78 is 82.9. The summed E-state index contributed by atoms with van der Waals surface area (Å²) in [6.45, 7) is -1.04. The molecule has 0 aliphatic heterocycles. The Bertz CT molecular complexity index is 850. The lowest BCUT2D eigenvalue weighted by molar-refractivity contribution is -0.139. The minimum absolute atomic E-state index is 0.445. The largest absolute Gasteiger partial charge is 0.490 e. The molecule has 29 heavy (non-hydrogen) atoms. The molecule has 0 aliphatic carbocycles. The number of rotatable bonds is 6. The maximum Gasteiger partial charge on any atom is 0.419 e. The zero-order valence-electron chi connectivity index (χ0n) is 15.1. The first-order valence-corrected chi connectivity index (χ1v) is 8.30. The van der Waals surface area contributed by atoms with Gasteiger partial charge in [-0.3, -0.25) is 4.79 Å². The molecule has 0 radical (unpaired) electrons. The zero-order valence-corrected chi connectivity index (χ0v) is 15.1. The second-order valence-corrected chi connectivity index (χ2v) is 6.19. The molecule has 2 rings (SSSR count). The zero-order chi connectivity index (χ0) is 21.8. The van der Waals surface area contributed by atoms with Gasteiger partial charge in [0.15, 0.2) is 0 Å². The van der Waals surface area contributed by atoms with Crippen molar-refractivity contribution in [3.8, 4) is 5.75 Å². The summed E-state index contributed by atoms with van der Waals surface area (Å²) in [5.74, 6) is -1.50. The Hall–Kier alpha value is -2.75. The smallest absolute Gasteiger partial charge is 0.419 e. The molecule has 0 saturated heterocycles. The molecule has 2 aromatic carbocycles. The first-order chi connectivity index (χ1) is 13.4. The lowest BCUT2D eigenvalue weighted by Gasteiger charge is -2.23. The normalized spacial score (nSPS) is 13.1. The molecule has 1 atom stereocenters. The molecule has 0 saturated carbocycles. The van der Waals surface area contributed by atoms with E-state index in [1.807, 2.05) is 0 Å². The number of alkyl halides is 6. The van der Waals surface area contributed by atoms with E-state index in [-0.39, 0.29) is 0 Å². The average Bonchev–Trinajstić information content (AvgIpc) is 2.64. The van der Waals surface area contributed by atoms with Crippen LogP contribution in [0.1, 0.15) is 21.5 Å². The highest BCUT2D eigenvalue weighted by Crippen LogP contribution is 2.36. The molecule has 1 N–H and O–H groups in total. The molecule has 0 bridgehead atoms. The molecule has 4 nitrogen and oxygen atoms in total. The number of nitrogens with zero attached hydrogens (tertiary/aromatic N) is 1. The van der Waals surface area contributed by atoms with E-state index in [4.69, 9.17) is 4.74 Å². The van der Waals surface area contributed by atoms with Gasteiger partial charge in [0.25, 0.3) is 5.91 Å². The van der Waals surface area contributed by atoms with E-state index in [1.54, 1.807) is 0 Å². The Morgan fingerprint density at radius 2 is 1.48 bits per heavy atom. The summed E-state index contributed by atoms with van der Waals surface area (Å²) in [7, 11) is 1.17. The molecule has 1 amide bonds. The molecule has 0 fully saturated rings. The summed E-state index contributed by atoms with van der Waals surface area (Å²) in [5, 5.41) is 9.98. The Morgan fingerprint density at radius 3 is 2.07 bits per heavy atom. The van der Waals surface area contributed by atoms with Crippen molar-refractivity contribution in [2.75, 3.05) is 20.2 Å². The fraction of sp³-hybridized carbons (Fsp3) is 0.316. The van der Waals surface area contributed by atoms with E-state index in [9.17, 15) is 36.2 Å². The third kappa shape index (κ3) is 5.86. The van der Waals surface area contributed by atoms with Crippen LogP contribution in [0.4, 0.5) is 26.3 Å². The number of para-hydroxylation sites is 1. The van der Waals surface area contributed by atoms with Crippen LogP contribution in [-0.4, -0.2) is 42.2 Å². The predicted octanol–water partition coefficient (Wildman–Crippen LogP) is 4.24. The third-order valence-electron chi connectivity index (χ3n) is 3.92. The van der Waals surface area contributed by atoms with Gasteiger partial charge >= 0.3 is 12.4 Å². The van der Waals surface area contributed by atoms with E-state index < -0.39 is 60.0 Å². The van der Waals surface area contributed by atoms with Crippen molar-refractivity contribution in [3.63, 3.8) is 0 Å². The minimum atomic E-state index is -4.74. The lowest BCUT2D eigenvalue weighted by Crippen LogP contribution is -2.37. The summed E-state index contributed by atoms with van der Waals surface area (Å²) in [5.41, 5.74) is -2.75. The highest BCUT2D eigenvalue weighted by molar-refractivity contribution is 5.95. The van der Waals surface area contributed by atoms with Crippen LogP contribution in [-0.2, 0) is 12.4 Å². The highest BCUT2D eigenvalue weighted by Gasteiger charge is 2.36. The topological polar surface area (TPSA) is 49.8 Å². The van der Waals surface area contributed by atoms with E-state index in [0.29, 0.717) is 0 Å². The van der Waals surface area contributed by atoms with Gasteiger partial charge < -0.3 is 14.7 Å². The SMILES string of the molecule is CN(C[C@H](O)COc1ccccc1C(F)(F)F)C(=O)c1ccccc1C(F)(F)F. The van der Waals surface area contributed by atoms with E-state index in [2.05, 4.69) is 0 Å². The number of benzene rings is 2. The van der Waals surface area contributed by atoms with Gasteiger partial charge in [0.1, 0.15) is 18.5 Å². The molecule has 0 heterocycles. The number of aliphatic hydroxyl groups excluding tert-OH is 1. The van der Waals surface area contributed by atoms with Crippen molar-refractivity contribution in [2.24, 2.45) is 0 Å². The number of carbonyl (C=O) groups excluding carboxylic acids is 1. The monoisotopic (exact) mass is 421 g/mol. The molecule has 0 unspecified atom stereocenters. The molecule has 2 aromatic rings. The number of amides is 1. The van der Waals surface area contributed by atoms with Gasteiger partial charge in [0.2, 0.25) is 0 Å². The van der Waals surface area contributed by atoms with Crippen LogP contribution in [0.2, 0.25) is 0 Å². The van der Waals surface area contributed by atoms with Gasteiger partial charge in [-0.25, -0.2) is 0 Å². The predicted molar refractivity (Wildman–Crippen MR) is 91.4 cm³/mol. The fourth-order valence-corrected chi connectivity index (χ4v) is 2.59. The van der Waals surface area contributed by atoms with E-state index in [0.717, 1.165) is 35.2 Å². The maximum atomic E-state index is 13.0. The first-order valence-electron chi connectivity index (χ1n) is 8.30. The quantitative estimate of drug-likeness (QED) is 0.710. The van der Waals surface area contributed by atoms with Gasteiger partial charge in [-0.05, 0) is 24.3 Å². The van der Waals surface area contributed by atoms with E-state index >= 15 is 0 Å². The Morgan fingerprint density at radius 1 is 0.966 bits per heavy atom. The van der Waals surface area contributed by atoms with E-state index in [1.165, 1.54) is 25.2 Å². The van der Waals surface area contributed by atoms with Crippen LogP contribution in [0.5, 0.6) is 5.75 Å². The molecule has 0 aliphatic rings. The number of halogens is 6. The van der Waals surface area contributed by atoms with Crippen molar-refractivity contribution in [2.45, 2.75) is 18.5 Å². The number of hydrogen-bond donors (Lipinski definition) is 1. The third-order valence-corrected chi connectivity index (χ3v) is 3.92. The van der Waals surface area contributed by atoms with Crippen molar-refractivity contribution in [1.29, 1.82) is 0 Å². The number of hydrogen-bond acceptors (Lipinski definition) is 3. The Balaban J connectivity index is 2.04. The van der Waals surface area contributed by atoms with Crippen LogP contribution < -0.4 is 4.74 Å². The standard InChI is InChI=1S/C19H17F6NO3/c1-26(17(28)13-6-2-3-7-14(13)18(20,21)22)10-12(27)11-29-16-9-5-4-8-15(16)19(23,24)25/h2-9,12,27H,10-11H2,1H3/t12-/m0/s1. The molecular weight excluding hydrogens is 404 g/mol. The van der Waals surface area contributed by atoms with Crippen molar-refractivity contribution >= 4 is 5.91 Å². The van der Waals surface area contributed by atoms with Crippen LogP contribution in [0.25, 0.3) is 0 Å². The average molecular weight is 421 g/mol. The molecule has 0 spiro atoms. The Labute approximate surface area is 162 Å². The second kappa shape index (κ2) is 8.73. The molecule has 10 heteroatoms. The summed E-state index contributed by atoms with van der Waals surface area (Å²) in [4.78, 5) is 13.2. The molecule has 158 valence electrons. The molecular formula is C19H17F6NO3. The number of ether oxygens (including phenoxy) is 1. The second-order valence-electron chi connectivity index (χ2n) is 6.19. The van der Waals surface area contributed by atoms with Gasteiger partial charge in [0, 0.05) is 13.6 Å². The van der Waals surface area contributed by atoms with Crippen molar-refractivity contribution in [1.82, 2.24) is 4.90 Å². The van der Waals surface area contributed by atoms with Crippen LogP contribution in [0.3, 0.4) is 0 Å². The fourth-order valence-electron chi connectivity index (χ4n) is 2.59. The maximum absolute atomic E-state index is 13.0. The van der Waals surface area contributed by atoms with Crippen molar-refractivity contribution in [3.05, 3.63) is 65.2 Å². The van der Waals surface area contributed by atoms with Gasteiger partial charge in [0.05, 0.1) is 16.7 Å². The highest BCUT2D eigenvalue weighted by atomic mass is 19.4. The Kier molecular flexibility index (Phi) is 6.78. The van der Waals surface area contributed by atoms with Crippen LogP contribution >= 0.6 is 0 Å². The summed E-state index contributed by atoms with van der Waals surface area (Å²) >= 11 is 0. The number of likely N-dealkylation sites (N-methyl/N-ethyl adjacent to an activating group) is 1. The molecule has 0 aromatic heterocycles. The first kappa shape index (κ1) is 22.5. The summed E-state index contributed by atoms with van der Waals surface area (Å²) in [6, 6.07) is 8.55. The van der Waals surface area contributed by atoms with Gasteiger partial charge in [-0.1, -0.05) is 24.3 Å². The summed E-state index contributed by atoms with van der Waals surface area (Å²) in [6.07, 6.45) is -10.8. The van der Waals surface area contributed by atoms with Crippen LogP contribution in [0, 0.1) is 0 Å². The van der Waals surface area contributed by atoms with Gasteiger partial charge in [-0.2, -0.15) is 26.3 Å². The lowest BCUT2D eigenvalue weighted by atomic mass is 10.1. The number of carbonyl (C=O) groups is 1. The van der Waals surface area contributed by atoms with Crippen molar-refractivity contribution < 1.29 is 41.0 Å². The van der Waals surface area contributed by atoms with Gasteiger partial charge in [-0.15, -0.1) is 0 Å². The minimum Gasteiger partial charge on any atom is -0.490 e. The number of aliphatic hydroxyl groups is 1.